The van der Waals surface area contributed by atoms with Crippen LogP contribution in [-0.4, -0.2) is 23.1 Å². The van der Waals surface area contributed by atoms with E-state index in [9.17, 15) is 18.0 Å². The van der Waals surface area contributed by atoms with Gasteiger partial charge in [-0.05, 0) is 49.9 Å². The van der Waals surface area contributed by atoms with E-state index in [0.29, 0.717) is 34.5 Å². The van der Waals surface area contributed by atoms with Crippen LogP contribution in [0.25, 0.3) is 10.9 Å². The Morgan fingerprint density at radius 2 is 2.04 bits per heavy atom. The summed E-state index contributed by atoms with van der Waals surface area (Å²) in [5.41, 5.74) is 1.16. The zero-order valence-corrected chi connectivity index (χ0v) is 13.7. The quantitative estimate of drug-likeness (QED) is 0.869. The first kappa shape index (κ1) is 17.0. The lowest BCUT2D eigenvalue weighted by Gasteiger charge is -2.35. The number of alkyl halides is 3. The second-order valence-corrected chi connectivity index (χ2v) is 6.58. The van der Waals surface area contributed by atoms with Gasteiger partial charge in [0.25, 0.3) is 5.91 Å². The first-order valence-electron chi connectivity index (χ1n) is 7.70. The fourth-order valence-corrected chi connectivity index (χ4v) is 3.11. The maximum atomic E-state index is 13.2. The summed E-state index contributed by atoms with van der Waals surface area (Å²) in [6.45, 7) is 1.61. The summed E-state index contributed by atoms with van der Waals surface area (Å²) in [4.78, 5) is 16.7. The molecule has 3 nitrogen and oxygen atoms in total. The molecule has 1 unspecified atom stereocenters. The molecule has 1 atom stereocenters. The topological polar surface area (TPSA) is 42.0 Å². The van der Waals surface area contributed by atoms with E-state index in [4.69, 9.17) is 11.6 Å². The standard InChI is InChI=1S/C17H16ClF3N2O/c1-9-13(8-11-7-12(18)5-6-14(11)22-9)16(24)23-15(17(19,20)21)10-3-2-4-10/h5-8,10,15H,2-4H2,1H3,(H,23,24). The first-order valence-corrected chi connectivity index (χ1v) is 8.08. The lowest BCUT2D eigenvalue weighted by atomic mass is 9.79. The lowest BCUT2D eigenvalue weighted by molar-refractivity contribution is -0.171. The van der Waals surface area contributed by atoms with Crippen LogP contribution in [0.4, 0.5) is 13.2 Å². The van der Waals surface area contributed by atoms with Crippen molar-refractivity contribution in [2.24, 2.45) is 5.92 Å². The number of nitrogens with one attached hydrogen (secondary N) is 1. The number of aryl methyl sites for hydroxylation is 1. The van der Waals surface area contributed by atoms with E-state index >= 15 is 0 Å². The Labute approximate surface area is 142 Å². The second kappa shape index (κ2) is 6.24. The fourth-order valence-electron chi connectivity index (χ4n) is 2.93. The highest BCUT2D eigenvalue weighted by Crippen LogP contribution is 2.37. The molecule has 1 aromatic heterocycles. The molecule has 0 saturated heterocycles. The van der Waals surface area contributed by atoms with E-state index in [2.05, 4.69) is 10.3 Å². The zero-order chi connectivity index (χ0) is 17.5. The van der Waals surface area contributed by atoms with Crippen LogP contribution in [0.15, 0.2) is 24.3 Å². The third kappa shape index (κ3) is 3.34. The minimum atomic E-state index is -4.46. The van der Waals surface area contributed by atoms with Crippen LogP contribution in [0.2, 0.25) is 5.02 Å². The molecule has 1 saturated carbocycles. The molecule has 7 heteroatoms. The number of hydrogen-bond donors (Lipinski definition) is 1. The number of amides is 1. The van der Waals surface area contributed by atoms with Gasteiger partial charge in [0.1, 0.15) is 6.04 Å². The number of hydrogen-bond acceptors (Lipinski definition) is 2. The zero-order valence-electron chi connectivity index (χ0n) is 13.0. The van der Waals surface area contributed by atoms with Gasteiger partial charge in [0.2, 0.25) is 0 Å². The van der Waals surface area contributed by atoms with Gasteiger partial charge in [-0.1, -0.05) is 18.0 Å². The average molecular weight is 357 g/mol. The molecule has 0 radical (unpaired) electrons. The molecule has 2 aromatic rings. The number of benzene rings is 1. The maximum absolute atomic E-state index is 13.2. The molecule has 1 aliphatic carbocycles. The number of pyridine rings is 1. The van der Waals surface area contributed by atoms with E-state index < -0.39 is 24.0 Å². The largest absolute Gasteiger partial charge is 0.408 e. The predicted octanol–water partition coefficient (Wildman–Crippen LogP) is 4.66. The molecule has 1 N–H and O–H groups in total. The average Bonchev–Trinajstić information content (AvgIpc) is 2.43. The Kier molecular flexibility index (Phi) is 4.42. The second-order valence-electron chi connectivity index (χ2n) is 6.14. The Bertz CT molecular complexity index is 787. The molecule has 24 heavy (non-hydrogen) atoms. The molecule has 128 valence electrons. The normalized spacial score (nSPS) is 16.7. The molecule has 0 spiro atoms. The number of carbonyl (C=O) groups is 1. The lowest BCUT2D eigenvalue weighted by Crippen LogP contribution is -2.52. The van der Waals surface area contributed by atoms with Gasteiger partial charge < -0.3 is 5.32 Å². The van der Waals surface area contributed by atoms with E-state index in [1.807, 2.05) is 0 Å². The van der Waals surface area contributed by atoms with Gasteiger partial charge in [-0.25, -0.2) is 0 Å². The molecule has 1 aromatic carbocycles. The van der Waals surface area contributed by atoms with Crippen molar-refractivity contribution >= 4 is 28.4 Å². The van der Waals surface area contributed by atoms with E-state index in [1.165, 1.54) is 6.07 Å². The van der Waals surface area contributed by atoms with Gasteiger partial charge in [0.15, 0.2) is 0 Å². The molecule has 1 heterocycles. The molecule has 3 rings (SSSR count). The van der Waals surface area contributed by atoms with Gasteiger partial charge in [-0.3, -0.25) is 9.78 Å². The van der Waals surface area contributed by atoms with Crippen molar-refractivity contribution in [1.29, 1.82) is 0 Å². The smallest absolute Gasteiger partial charge is 0.340 e. The minimum absolute atomic E-state index is 0.137. The van der Waals surface area contributed by atoms with Crippen molar-refractivity contribution in [2.45, 2.75) is 38.4 Å². The van der Waals surface area contributed by atoms with Crippen molar-refractivity contribution in [3.05, 3.63) is 40.5 Å². The van der Waals surface area contributed by atoms with Crippen LogP contribution in [-0.2, 0) is 0 Å². The summed E-state index contributed by atoms with van der Waals surface area (Å²) < 4.78 is 39.7. The van der Waals surface area contributed by atoms with Gasteiger partial charge >= 0.3 is 6.18 Å². The van der Waals surface area contributed by atoms with Gasteiger partial charge in [0, 0.05) is 10.4 Å². The summed E-state index contributed by atoms with van der Waals surface area (Å²) >= 11 is 5.93. The number of aromatic nitrogens is 1. The van der Waals surface area contributed by atoms with Crippen LogP contribution < -0.4 is 5.32 Å². The summed E-state index contributed by atoms with van der Waals surface area (Å²) in [7, 11) is 0. The third-order valence-corrected chi connectivity index (χ3v) is 4.71. The number of nitrogens with zero attached hydrogens (tertiary/aromatic N) is 1. The number of halogens is 4. The highest BCUT2D eigenvalue weighted by molar-refractivity contribution is 6.31. The van der Waals surface area contributed by atoms with Crippen LogP contribution >= 0.6 is 11.6 Å². The minimum Gasteiger partial charge on any atom is -0.340 e. The third-order valence-electron chi connectivity index (χ3n) is 4.47. The van der Waals surface area contributed by atoms with Crippen LogP contribution in [0.1, 0.15) is 35.3 Å². The monoisotopic (exact) mass is 356 g/mol. The van der Waals surface area contributed by atoms with Gasteiger partial charge in [-0.15, -0.1) is 0 Å². The number of fused-ring (bicyclic) bond motifs is 1. The van der Waals surface area contributed by atoms with E-state index in [-0.39, 0.29) is 5.56 Å². The molecule has 1 amide bonds. The van der Waals surface area contributed by atoms with Crippen molar-refractivity contribution in [1.82, 2.24) is 10.3 Å². The van der Waals surface area contributed by atoms with E-state index in [1.54, 1.807) is 25.1 Å². The summed E-state index contributed by atoms with van der Waals surface area (Å²) in [6.07, 6.45) is -2.73. The summed E-state index contributed by atoms with van der Waals surface area (Å²) in [5, 5.41) is 3.25. The van der Waals surface area contributed by atoms with Crippen LogP contribution in [0.5, 0.6) is 0 Å². The van der Waals surface area contributed by atoms with Crippen molar-refractivity contribution < 1.29 is 18.0 Å². The SMILES string of the molecule is Cc1nc2ccc(Cl)cc2cc1C(=O)NC(C1CCC1)C(F)(F)F. The molecular weight excluding hydrogens is 341 g/mol. The fraction of sp³-hybridized carbons (Fsp3) is 0.412. The molecule has 0 aliphatic heterocycles. The Hall–Kier alpha value is -1.82. The highest BCUT2D eigenvalue weighted by Gasteiger charge is 2.47. The van der Waals surface area contributed by atoms with Crippen molar-refractivity contribution in [2.75, 3.05) is 0 Å². The van der Waals surface area contributed by atoms with Gasteiger partial charge in [0.05, 0.1) is 16.8 Å². The Morgan fingerprint density at radius 1 is 1.33 bits per heavy atom. The Morgan fingerprint density at radius 3 is 2.62 bits per heavy atom. The maximum Gasteiger partial charge on any atom is 0.408 e. The number of carbonyl (C=O) groups excluding carboxylic acids is 1. The molecular formula is C17H16ClF3N2O. The summed E-state index contributed by atoms with van der Waals surface area (Å²) in [6, 6.07) is 4.74. The number of rotatable bonds is 3. The summed E-state index contributed by atoms with van der Waals surface area (Å²) in [5.74, 6) is -1.30. The molecule has 1 aliphatic rings. The van der Waals surface area contributed by atoms with Crippen molar-refractivity contribution in [3.8, 4) is 0 Å². The van der Waals surface area contributed by atoms with Crippen molar-refractivity contribution in [3.63, 3.8) is 0 Å². The van der Waals surface area contributed by atoms with Gasteiger partial charge in [-0.2, -0.15) is 13.2 Å². The van der Waals surface area contributed by atoms with Crippen LogP contribution in [0.3, 0.4) is 0 Å². The molecule has 1 fully saturated rings. The predicted molar refractivity (Wildman–Crippen MR) is 86.1 cm³/mol. The van der Waals surface area contributed by atoms with Crippen LogP contribution in [0, 0.1) is 12.8 Å². The molecule has 0 bridgehead atoms. The Balaban J connectivity index is 1.91. The first-order chi connectivity index (χ1) is 11.3. The highest BCUT2D eigenvalue weighted by atomic mass is 35.5. The van der Waals surface area contributed by atoms with E-state index in [0.717, 1.165) is 6.42 Å².